The first kappa shape index (κ1) is 28.8. The molecule has 7 rings (SSSR count). The molecular formula is C35H31F2N5O3. The predicted octanol–water partition coefficient (Wildman–Crippen LogP) is 5.94. The number of likely N-dealkylation sites (tertiary alicyclic amines) is 1. The highest BCUT2D eigenvalue weighted by atomic mass is 19.1. The normalized spacial score (nSPS) is 20.4. The number of hydrogen-bond acceptors (Lipinski definition) is 7. The van der Waals surface area contributed by atoms with Crippen molar-refractivity contribution < 1.29 is 23.1 Å². The summed E-state index contributed by atoms with van der Waals surface area (Å²) in [6, 6.07) is 14.8. The van der Waals surface area contributed by atoms with Crippen LogP contribution in [0.5, 0.6) is 5.75 Å². The predicted molar refractivity (Wildman–Crippen MR) is 168 cm³/mol. The molecule has 1 unspecified atom stereocenters. The summed E-state index contributed by atoms with van der Waals surface area (Å²) in [5, 5.41) is 4.30. The van der Waals surface area contributed by atoms with E-state index in [1.165, 1.54) is 18.2 Å². The smallest absolute Gasteiger partial charge is 0.254 e. The van der Waals surface area contributed by atoms with Crippen LogP contribution in [0.3, 0.4) is 0 Å². The van der Waals surface area contributed by atoms with Crippen molar-refractivity contribution in [3.8, 4) is 17.0 Å². The molecule has 2 aromatic carbocycles. The molecule has 1 saturated heterocycles. The number of fused-ring (bicyclic) bond motifs is 1. The number of pyridine rings is 1. The van der Waals surface area contributed by atoms with Crippen LogP contribution in [0, 0.1) is 5.82 Å². The van der Waals surface area contributed by atoms with Gasteiger partial charge in [-0.2, -0.15) is 5.10 Å². The Bertz CT molecular complexity index is 1790. The van der Waals surface area contributed by atoms with Crippen LogP contribution >= 0.6 is 0 Å². The number of rotatable bonds is 4. The monoisotopic (exact) mass is 607 g/mol. The molecule has 10 heteroatoms. The number of halogens is 2. The molecule has 3 aliphatic heterocycles. The number of alkyl halides is 1. The molecule has 1 aromatic heterocycles. The lowest BCUT2D eigenvalue weighted by atomic mass is 9.82. The van der Waals surface area contributed by atoms with Crippen LogP contribution in [0.25, 0.3) is 16.8 Å². The highest BCUT2D eigenvalue weighted by molar-refractivity contribution is 6.07. The van der Waals surface area contributed by atoms with Gasteiger partial charge >= 0.3 is 0 Å². The number of ether oxygens (including phenoxy) is 1. The third-order valence-electron chi connectivity index (χ3n) is 8.65. The van der Waals surface area contributed by atoms with E-state index in [-0.39, 0.29) is 30.3 Å². The molecule has 45 heavy (non-hydrogen) atoms. The molecule has 1 spiro atoms. The molecule has 1 fully saturated rings. The minimum Gasteiger partial charge on any atom is -0.486 e. The van der Waals surface area contributed by atoms with Gasteiger partial charge in [0.2, 0.25) is 0 Å². The van der Waals surface area contributed by atoms with Gasteiger partial charge in [-0.15, -0.1) is 0 Å². The Morgan fingerprint density at radius 3 is 2.58 bits per heavy atom. The number of aromatic nitrogens is 1. The van der Waals surface area contributed by atoms with Crippen LogP contribution in [-0.4, -0.2) is 65.0 Å². The molecule has 8 nitrogen and oxygen atoms in total. The van der Waals surface area contributed by atoms with Gasteiger partial charge in [-0.3, -0.25) is 9.59 Å². The van der Waals surface area contributed by atoms with E-state index >= 15 is 0 Å². The third kappa shape index (κ3) is 5.92. The van der Waals surface area contributed by atoms with E-state index in [1.807, 2.05) is 12.3 Å². The molecule has 0 bridgehead atoms. The highest BCUT2D eigenvalue weighted by Gasteiger charge is 2.44. The van der Waals surface area contributed by atoms with E-state index in [0.29, 0.717) is 72.1 Å². The van der Waals surface area contributed by atoms with Gasteiger partial charge in [0.05, 0.1) is 23.4 Å². The zero-order valence-electron chi connectivity index (χ0n) is 24.5. The Hall–Kier alpha value is -4.99. The number of allylic oxidation sites excluding steroid dienone is 4. The number of ketones is 1. The second-order valence-electron chi connectivity index (χ2n) is 11.7. The van der Waals surface area contributed by atoms with Gasteiger partial charge in [0.25, 0.3) is 5.91 Å². The fourth-order valence-corrected chi connectivity index (χ4v) is 6.15. The number of nitrogens with zero attached hydrogens (tertiary/aromatic N) is 4. The molecule has 228 valence electrons. The average Bonchev–Trinajstić information content (AvgIpc) is 3.35. The van der Waals surface area contributed by atoms with E-state index in [0.717, 1.165) is 17.6 Å². The summed E-state index contributed by atoms with van der Waals surface area (Å²) < 4.78 is 33.9. The molecular weight excluding hydrogens is 576 g/mol. The van der Waals surface area contributed by atoms with Crippen molar-refractivity contribution in [3.05, 3.63) is 101 Å². The van der Waals surface area contributed by atoms with Crippen molar-refractivity contribution in [1.29, 1.82) is 0 Å². The molecule has 4 heterocycles. The van der Waals surface area contributed by atoms with Crippen molar-refractivity contribution in [3.63, 3.8) is 0 Å². The minimum absolute atomic E-state index is 0.00363. The number of carbonyl (C=O) groups is 2. The number of benzene rings is 2. The standard InChI is InChI=1S/C35H31F2N5O3/c36-26-7-2-22(3-8-26)29-19-25(20-30(40-29)23-4-9-27(37)10-5-23)34(44)42-16-12-35(13-17-42)21-31(43)28-18-24(6-11-32(28)45-35)33-38-14-1-15-39-41-33/h2-9,11,14,18-20,27,39H,1,10,12-13,15-17,21H2. The lowest BCUT2D eigenvalue weighted by Gasteiger charge is -2.44. The maximum atomic E-state index is 13.9. The zero-order valence-corrected chi connectivity index (χ0v) is 24.5. The molecule has 1 amide bonds. The van der Waals surface area contributed by atoms with Crippen LogP contribution in [0.15, 0.2) is 82.9 Å². The molecule has 3 aromatic rings. The van der Waals surface area contributed by atoms with Crippen LogP contribution in [0.1, 0.15) is 64.1 Å². The van der Waals surface area contributed by atoms with Crippen LogP contribution < -0.4 is 10.2 Å². The van der Waals surface area contributed by atoms with Crippen molar-refractivity contribution >= 4 is 29.3 Å². The van der Waals surface area contributed by atoms with Crippen molar-refractivity contribution in [1.82, 2.24) is 15.3 Å². The van der Waals surface area contributed by atoms with E-state index in [4.69, 9.17) is 9.72 Å². The third-order valence-corrected chi connectivity index (χ3v) is 8.65. The van der Waals surface area contributed by atoms with Crippen molar-refractivity contribution in [2.75, 3.05) is 19.6 Å². The van der Waals surface area contributed by atoms with Gasteiger partial charge in [0, 0.05) is 68.2 Å². The second-order valence-corrected chi connectivity index (χ2v) is 11.7. The molecule has 1 N–H and O–H groups in total. The maximum absolute atomic E-state index is 13.9. The van der Waals surface area contributed by atoms with Gasteiger partial charge in [-0.05, 0) is 66.2 Å². The highest BCUT2D eigenvalue weighted by Crippen LogP contribution is 2.40. The summed E-state index contributed by atoms with van der Waals surface area (Å²) in [4.78, 5) is 38.2. The number of nitrogens with one attached hydrogen (secondary N) is 1. The van der Waals surface area contributed by atoms with Crippen LogP contribution in [0.4, 0.5) is 8.78 Å². The maximum Gasteiger partial charge on any atom is 0.254 e. The Labute approximate surface area is 259 Å². The Balaban J connectivity index is 1.10. The van der Waals surface area contributed by atoms with E-state index in [9.17, 15) is 18.4 Å². The van der Waals surface area contributed by atoms with Gasteiger partial charge in [-0.1, -0.05) is 12.2 Å². The summed E-state index contributed by atoms with van der Waals surface area (Å²) in [5.74, 6) is 0.516. The van der Waals surface area contributed by atoms with Gasteiger partial charge in [-0.25, -0.2) is 18.8 Å². The number of hydrazone groups is 1. The summed E-state index contributed by atoms with van der Waals surface area (Å²) in [7, 11) is 0. The summed E-state index contributed by atoms with van der Waals surface area (Å²) >= 11 is 0. The first-order valence-electron chi connectivity index (χ1n) is 15.2. The number of Topliss-reactive ketones (excluding diaryl/α,β-unsaturated/α-hetero) is 1. The van der Waals surface area contributed by atoms with Gasteiger partial charge in [0.15, 0.2) is 11.6 Å². The van der Waals surface area contributed by atoms with Crippen molar-refractivity contribution in [2.24, 2.45) is 10.1 Å². The number of hydrogen-bond donors (Lipinski definition) is 1. The van der Waals surface area contributed by atoms with Gasteiger partial charge < -0.3 is 15.1 Å². The summed E-state index contributed by atoms with van der Waals surface area (Å²) in [6.45, 7) is 1.52. The lowest BCUT2D eigenvalue weighted by Crippen LogP contribution is -2.52. The minimum atomic E-state index is -1.05. The Morgan fingerprint density at radius 1 is 1.02 bits per heavy atom. The lowest BCUT2D eigenvalue weighted by molar-refractivity contribution is -0.00571. The van der Waals surface area contributed by atoms with E-state index in [1.54, 1.807) is 53.5 Å². The Morgan fingerprint density at radius 2 is 1.80 bits per heavy atom. The summed E-state index contributed by atoms with van der Waals surface area (Å²) in [5.41, 5.74) is 6.44. The van der Waals surface area contributed by atoms with Gasteiger partial charge in [0.1, 0.15) is 23.3 Å². The Kier molecular flexibility index (Phi) is 7.56. The number of piperidine rings is 1. The van der Waals surface area contributed by atoms with Crippen LogP contribution in [-0.2, 0) is 0 Å². The van der Waals surface area contributed by atoms with E-state index < -0.39 is 11.8 Å². The average molecular weight is 608 g/mol. The summed E-state index contributed by atoms with van der Waals surface area (Å²) in [6.07, 6.45) is 7.91. The topological polar surface area (TPSA) is 96.2 Å². The number of amides is 1. The first-order valence-corrected chi connectivity index (χ1v) is 15.2. The van der Waals surface area contributed by atoms with Crippen LogP contribution in [0.2, 0.25) is 0 Å². The zero-order chi connectivity index (χ0) is 31.0. The molecule has 0 saturated carbocycles. The molecule has 0 radical (unpaired) electrons. The fraction of sp³-hybridized carbons (Fsp3) is 0.286. The number of aliphatic imine (C=N–C) groups is 1. The second kappa shape index (κ2) is 11.8. The number of amidine groups is 1. The van der Waals surface area contributed by atoms with Crippen molar-refractivity contribution in [2.45, 2.75) is 43.9 Å². The number of carbonyl (C=O) groups excluding carboxylic acids is 2. The quantitative estimate of drug-likeness (QED) is 0.397. The first-order chi connectivity index (χ1) is 21.9. The SMILES string of the molecule is O=C1CC2(CCN(C(=O)c3cc(C4=CCC(F)C=C4)nc(-c4ccc(F)cc4)c3)CC2)Oc2ccc(C3=NNCCC=N3)cc21. The molecule has 4 aliphatic rings. The largest absolute Gasteiger partial charge is 0.486 e. The molecule has 1 atom stereocenters. The fourth-order valence-electron chi connectivity index (χ4n) is 6.15. The molecule has 1 aliphatic carbocycles. The van der Waals surface area contributed by atoms with E-state index in [2.05, 4.69) is 15.5 Å².